The van der Waals surface area contributed by atoms with Crippen LogP contribution in [0.1, 0.15) is 13.8 Å². The second-order valence-corrected chi connectivity index (χ2v) is 6.81. The van der Waals surface area contributed by atoms with E-state index in [1.165, 1.54) is 0 Å². The van der Waals surface area contributed by atoms with E-state index in [0.717, 1.165) is 12.2 Å². The topological polar surface area (TPSA) is 71.1 Å². The third-order valence-electron chi connectivity index (χ3n) is 2.77. The molecule has 1 aromatic carbocycles. The number of anilines is 2. The van der Waals surface area contributed by atoms with Crippen LogP contribution in [0.15, 0.2) is 53.6 Å². The third-order valence-corrected chi connectivity index (χ3v) is 4.14. The predicted octanol–water partition coefficient (Wildman–Crippen LogP) is 2.95. The largest absolute Gasteiger partial charge is 0.384 e. The molecule has 0 amide bonds. The number of benzene rings is 1. The minimum atomic E-state index is -3.58. The van der Waals surface area contributed by atoms with Crippen molar-refractivity contribution in [2.24, 2.45) is 5.92 Å². The van der Waals surface area contributed by atoms with Crippen LogP contribution in [0, 0.1) is 5.92 Å². The van der Waals surface area contributed by atoms with Crippen LogP contribution in [-0.4, -0.2) is 19.9 Å². The molecule has 0 aliphatic carbocycles. The van der Waals surface area contributed by atoms with E-state index < -0.39 is 10.0 Å². The minimum absolute atomic E-state index is 0.216. The normalized spacial score (nSPS) is 11.4. The van der Waals surface area contributed by atoms with Gasteiger partial charge in [0, 0.05) is 6.54 Å². The SMILES string of the molecule is CC(C)CNc1ccc(NS(=O)(=O)c2ccccc2)nc1. The van der Waals surface area contributed by atoms with Crippen LogP contribution in [0.5, 0.6) is 0 Å². The lowest BCUT2D eigenvalue weighted by Gasteiger charge is -2.10. The molecule has 0 saturated heterocycles. The van der Waals surface area contributed by atoms with Crippen molar-refractivity contribution >= 4 is 21.5 Å². The van der Waals surface area contributed by atoms with Crippen LogP contribution in [0.25, 0.3) is 0 Å². The zero-order valence-corrected chi connectivity index (χ0v) is 12.9. The van der Waals surface area contributed by atoms with Crippen LogP contribution in [0.3, 0.4) is 0 Å². The lowest BCUT2D eigenvalue weighted by atomic mass is 10.2. The van der Waals surface area contributed by atoms with E-state index in [1.54, 1.807) is 48.7 Å². The summed E-state index contributed by atoms with van der Waals surface area (Å²) in [4.78, 5) is 4.33. The highest BCUT2D eigenvalue weighted by Crippen LogP contribution is 2.15. The maximum absolute atomic E-state index is 12.1. The fraction of sp³-hybridized carbons (Fsp3) is 0.267. The molecule has 0 aliphatic heterocycles. The Morgan fingerprint density at radius 1 is 1.10 bits per heavy atom. The lowest BCUT2D eigenvalue weighted by Crippen LogP contribution is -2.14. The van der Waals surface area contributed by atoms with Gasteiger partial charge in [0.25, 0.3) is 10.0 Å². The molecule has 0 unspecified atom stereocenters. The molecule has 0 saturated carbocycles. The van der Waals surface area contributed by atoms with Gasteiger partial charge in [0.15, 0.2) is 0 Å². The molecule has 1 aromatic heterocycles. The molecular formula is C15H19N3O2S. The Balaban J connectivity index is 2.06. The van der Waals surface area contributed by atoms with Crippen molar-refractivity contribution in [2.45, 2.75) is 18.7 Å². The number of hydrogen-bond acceptors (Lipinski definition) is 4. The first-order valence-electron chi connectivity index (χ1n) is 6.75. The van der Waals surface area contributed by atoms with E-state index in [0.29, 0.717) is 11.7 Å². The monoisotopic (exact) mass is 305 g/mol. The average Bonchev–Trinajstić information content (AvgIpc) is 2.47. The first-order chi connectivity index (χ1) is 9.97. The highest BCUT2D eigenvalue weighted by molar-refractivity contribution is 7.92. The molecule has 6 heteroatoms. The number of rotatable bonds is 6. The molecule has 2 N–H and O–H groups in total. The van der Waals surface area contributed by atoms with Crippen molar-refractivity contribution < 1.29 is 8.42 Å². The zero-order chi connectivity index (χ0) is 15.3. The van der Waals surface area contributed by atoms with Crippen molar-refractivity contribution in [1.29, 1.82) is 0 Å². The zero-order valence-electron chi connectivity index (χ0n) is 12.1. The summed E-state index contributed by atoms with van der Waals surface area (Å²) in [6.07, 6.45) is 1.62. The molecule has 5 nitrogen and oxygen atoms in total. The predicted molar refractivity (Wildman–Crippen MR) is 84.8 cm³/mol. The van der Waals surface area contributed by atoms with Gasteiger partial charge in [0.05, 0.1) is 16.8 Å². The number of aromatic nitrogens is 1. The quantitative estimate of drug-likeness (QED) is 0.861. The van der Waals surface area contributed by atoms with Gasteiger partial charge in [0.1, 0.15) is 5.82 Å². The summed E-state index contributed by atoms with van der Waals surface area (Å²) >= 11 is 0. The van der Waals surface area contributed by atoms with Crippen molar-refractivity contribution in [3.8, 4) is 0 Å². The van der Waals surface area contributed by atoms with Gasteiger partial charge in [-0.3, -0.25) is 4.72 Å². The van der Waals surface area contributed by atoms with Gasteiger partial charge in [-0.25, -0.2) is 13.4 Å². The Morgan fingerprint density at radius 3 is 2.38 bits per heavy atom. The Morgan fingerprint density at radius 2 is 1.81 bits per heavy atom. The second kappa shape index (κ2) is 6.58. The number of nitrogens with zero attached hydrogens (tertiary/aromatic N) is 1. The van der Waals surface area contributed by atoms with E-state index >= 15 is 0 Å². The molecular weight excluding hydrogens is 286 g/mol. The first-order valence-corrected chi connectivity index (χ1v) is 8.23. The van der Waals surface area contributed by atoms with E-state index in [4.69, 9.17) is 0 Å². The number of nitrogens with one attached hydrogen (secondary N) is 2. The van der Waals surface area contributed by atoms with Crippen molar-refractivity contribution in [3.05, 3.63) is 48.7 Å². The van der Waals surface area contributed by atoms with E-state index in [1.807, 2.05) is 0 Å². The number of pyridine rings is 1. The van der Waals surface area contributed by atoms with E-state index in [-0.39, 0.29) is 4.90 Å². The Kier molecular flexibility index (Phi) is 4.80. The Bertz CT molecular complexity index is 668. The Labute approximate surface area is 125 Å². The third kappa shape index (κ3) is 4.46. The van der Waals surface area contributed by atoms with Crippen molar-refractivity contribution in [2.75, 3.05) is 16.6 Å². The summed E-state index contributed by atoms with van der Waals surface area (Å²) in [5, 5.41) is 3.23. The highest BCUT2D eigenvalue weighted by Gasteiger charge is 2.13. The minimum Gasteiger partial charge on any atom is -0.384 e. The van der Waals surface area contributed by atoms with E-state index in [9.17, 15) is 8.42 Å². The summed E-state index contributed by atoms with van der Waals surface area (Å²) in [7, 11) is -3.58. The molecule has 0 aliphatic rings. The molecule has 0 bridgehead atoms. The molecule has 0 spiro atoms. The standard InChI is InChI=1S/C15H19N3O2S/c1-12(2)10-16-13-8-9-15(17-11-13)18-21(19,20)14-6-4-3-5-7-14/h3-9,11-12,16H,10H2,1-2H3,(H,17,18). The fourth-order valence-corrected chi connectivity index (χ4v) is 2.71. The summed E-state index contributed by atoms with van der Waals surface area (Å²) in [5.74, 6) is 0.829. The van der Waals surface area contributed by atoms with Gasteiger partial charge in [-0.15, -0.1) is 0 Å². The van der Waals surface area contributed by atoms with E-state index in [2.05, 4.69) is 28.9 Å². The van der Waals surface area contributed by atoms with Gasteiger partial charge in [-0.2, -0.15) is 0 Å². The summed E-state index contributed by atoms with van der Waals surface area (Å²) in [5.41, 5.74) is 0.867. The van der Waals surface area contributed by atoms with Crippen molar-refractivity contribution in [1.82, 2.24) is 4.98 Å². The molecule has 112 valence electrons. The molecule has 0 radical (unpaired) electrons. The van der Waals surface area contributed by atoms with Crippen LogP contribution < -0.4 is 10.0 Å². The van der Waals surface area contributed by atoms with Gasteiger partial charge in [0.2, 0.25) is 0 Å². The van der Waals surface area contributed by atoms with Gasteiger partial charge >= 0.3 is 0 Å². The van der Waals surface area contributed by atoms with Crippen LogP contribution in [0.2, 0.25) is 0 Å². The molecule has 21 heavy (non-hydrogen) atoms. The summed E-state index contributed by atoms with van der Waals surface area (Å²) < 4.78 is 26.7. The second-order valence-electron chi connectivity index (χ2n) is 5.13. The number of sulfonamides is 1. The van der Waals surface area contributed by atoms with Crippen LogP contribution in [0.4, 0.5) is 11.5 Å². The number of hydrogen-bond donors (Lipinski definition) is 2. The highest BCUT2D eigenvalue weighted by atomic mass is 32.2. The molecule has 1 heterocycles. The Hall–Kier alpha value is -2.08. The maximum atomic E-state index is 12.1. The van der Waals surface area contributed by atoms with Crippen LogP contribution >= 0.6 is 0 Å². The molecule has 2 rings (SSSR count). The van der Waals surface area contributed by atoms with Gasteiger partial charge in [-0.1, -0.05) is 32.0 Å². The van der Waals surface area contributed by atoms with Gasteiger partial charge in [-0.05, 0) is 30.2 Å². The summed E-state index contributed by atoms with van der Waals surface area (Å²) in [6.45, 7) is 5.07. The maximum Gasteiger partial charge on any atom is 0.263 e. The smallest absolute Gasteiger partial charge is 0.263 e. The molecule has 0 atom stereocenters. The summed E-state index contributed by atoms with van der Waals surface area (Å²) in [6, 6.07) is 11.7. The molecule has 2 aromatic rings. The van der Waals surface area contributed by atoms with Crippen LogP contribution in [-0.2, 0) is 10.0 Å². The fourth-order valence-electron chi connectivity index (χ4n) is 1.68. The first kappa shape index (κ1) is 15.3. The van der Waals surface area contributed by atoms with Gasteiger partial charge < -0.3 is 5.32 Å². The lowest BCUT2D eigenvalue weighted by molar-refractivity contribution is 0.601. The van der Waals surface area contributed by atoms with Crippen molar-refractivity contribution in [3.63, 3.8) is 0 Å². The average molecular weight is 305 g/mol. The molecule has 0 fully saturated rings.